The Labute approximate surface area is 336 Å². The summed E-state index contributed by atoms with van der Waals surface area (Å²) in [5.41, 5.74) is 9.40. The quantitative estimate of drug-likeness (QED) is 0.179. The van der Waals surface area contributed by atoms with E-state index in [1.165, 1.54) is 32.6 Å². The highest BCUT2D eigenvalue weighted by Crippen LogP contribution is 2.40. The van der Waals surface area contributed by atoms with Crippen molar-refractivity contribution in [2.24, 2.45) is 0 Å². The number of hydrogen-bond donors (Lipinski definition) is 0. The van der Waals surface area contributed by atoms with E-state index in [1.807, 2.05) is 66.7 Å². The van der Waals surface area contributed by atoms with E-state index < -0.39 is 0 Å². The zero-order valence-corrected chi connectivity index (χ0v) is 31.4. The van der Waals surface area contributed by atoms with E-state index >= 15 is 0 Å². The predicted octanol–water partition coefficient (Wildman–Crippen LogP) is 14.1. The van der Waals surface area contributed by atoms with E-state index in [2.05, 4.69) is 120 Å². The fraction of sp³-hybridized carbons (Fsp3) is 0. The molecule has 59 heavy (non-hydrogen) atoms. The van der Waals surface area contributed by atoms with E-state index in [0.717, 1.165) is 77.0 Å². The minimum Gasteiger partial charge on any atom is -0.456 e. The average Bonchev–Trinajstić information content (AvgIpc) is 3.97. The van der Waals surface area contributed by atoms with Gasteiger partial charge in [-0.1, -0.05) is 109 Å². The molecule has 6 heteroatoms. The molecule has 4 heterocycles. The van der Waals surface area contributed by atoms with Gasteiger partial charge in [-0.25, -0.2) is 15.0 Å². The SMILES string of the molecule is c1ccc(-c2nc(-c3ccc4c(c3)oc3ccccc34)nc(-c3ccc4oc5ccc6cc(-n7c8ccccc8c8cc9ccccc9cc87)ccc6c5c4c3)n2)cc1. The number of fused-ring (bicyclic) bond motifs is 12. The smallest absolute Gasteiger partial charge is 0.164 e. The summed E-state index contributed by atoms with van der Waals surface area (Å²) in [5, 5.41) is 11.4. The third-order valence-electron chi connectivity index (χ3n) is 11.8. The summed E-state index contributed by atoms with van der Waals surface area (Å²) in [6.07, 6.45) is 0. The van der Waals surface area contributed by atoms with Crippen molar-refractivity contribution < 1.29 is 8.83 Å². The third kappa shape index (κ3) is 4.90. The maximum absolute atomic E-state index is 6.49. The second-order valence-electron chi connectivity index (χ2n) is 15.2. The molecular weight excluding hydrogens is 725 g/mol. The molecule has 9 aromatic carbocycles. The minimum absolute atomic E-state index is 0.574. The van der Waals surface area contributed by atoms with Crippen LogP contribution in [-0.4, -0.2) is 19.5 Å². The molecule has 0 saturated heterocycles. The Kier molecular flexibility index (Phi) is 6.63. The molecule has 0 radical (unpaired) electrons. The van der Waals surface area contributed by atoms with Crippen LogP contribution in [-0.2, 0) is 0 Å². The third-order valence-corrected chi connectivity index (χ3v) is 11.8. The van der Waals surface area contributed by atoms with E-state index in [9.17, 15) is 0 Å². The Morgan fingerprint density at radius 2 is 0.949 bits per heavy atom. The number of para-hydroxylation sites is 2. The molecule has 0 bridgehead atoms. The molecule has 0 spiro atoms. The molecule has 0 fully saturated rings. The summed E-state index contributed by atoms with van der Waals surface area (Å²) < 4.78 is 15.1. The first-order chi connectivity index (χ1) is 29.2. The van der Waals surface area contributed by atoms with Crippen molar-refractivity contribution in [3.05, 3.63) is 182 Å². The highest BCUT2D eigenvalue weighted by Gasteiger charge is 2.19. The number of hydrogen-bond acceptors (Lipinski definition) is 5. The van der Waals surface area contributed by atoms with Gasteiger partial charge in [0, 0.05) is 54.7 Å². The molecule has 0 atom stereocenters. The van der Waals surface area contributed by atoms with Crippen LogP contribution in [0.25, 0.3) is 127 Å². The zero-order chi connectivity index (χ0) is 38.6. The first-order valence-corrected chi connectivity index (χ1v) is 19.8. The van der Waals surface area contributed by atoms with Crippen LogP contribution in [0, 0.1) is 0 Å². The molecule has 0 N–H and O–H groups in total. The van der Waals surface area contributed by atoms with Gasteiger partial charge in [0.15, 0.2) is 17.5 Å². The van der Waals surface area contributed by atoms with Gasteiger partial charge in [-0.2, -0.15) is 0 Å². The lowest BCUT2D eigenvalue weighted by Gasteiger charge is -2.10. The summed E-state index contributed by atoms with van der Waals surface area (Å²) in [7, 11) is 0. The molecule has 0 aliphatic heterocycles. The number of rotatable bonds is 4. The van der Waals surface area contributed by atoms with Crippen molar-refractivity contribution in [2.75, 3.05) is 0 Å². The highest BCUT2D eigenvalue weighted by atomic mass is 16.3. The van der Waals surface area contributed by atoms with Crippen LogP contribution in [0.2, 0.25) is 0 Å². The number of aromatic nitrogens is 4. The molecule has 13 rings (SSSR count). The van der Waals surface area contributed by atoms with E-state index in [0.29, 0.717) is 17.5 Å². The van der Waals surface area contributed by atoms with Gasteiger partial charge in [-0.05, 0) is 94.3 Å². The van der Waals surface area contributed by atoms with Gasteiger partial charge in [0.1, 0.15) is 22.3 Å². The minimum atomic E-state index is 0.574. The Morgan fingerprint density at radius 3 is 1.81 bits per heavy atom. The average molecular weight is 755 g/mol. The van der Waals surface area contributed by atoms with Crippen LogP contribution in [0.1, 0.15) is 0 Å². The Bertz CT molecular complexity index is 3860. The molecule has 0 unspecified atom stereocenters. The molecule has 0 aliphatic carbocycles. The van der Waals surface area contributed by atoms with Crippen LogP contribution in [0.3, 0.4) is 0 Å². The summed E-state index contributed by atoms with van der Waals surface area (Å²) in [5.74, 6) is 1.75. The van der Waals surface area contributed by atoms with Crippen LogP contribution >= 0.6 is 0 Å². The second kappa shape index (κ2) is 12.2. The Balaban J connectivity index is 0.978. The van der Waals surface area contributed by atoms with Crippen LogP contribution in [0.5, 0.6) is 0 Å². The van der Waals surface area contributed by atoms with Crippen LogP contribution < -0.4 is 0 Å². The number of benzene rings is 9. The standard InChI is InChI=1S/C53H30N4O2/c1-2-10-31(11-3-1)51-54-52(56-53(55-51)36-18-22-41-40-15-7-9-17-46(40)59-49(41)30-36)35-20-24-47-43(28-35)50-38-23-21-37(26-34(38)19-25-48(50)58-47)57-44-16-8-6-14-39(44)42-27-32-12-4-5-13-33(32)29-45(42)57/h1-30H. The van der Waals surface area contributed by atoms with Crippen LogP contribution in [0.15, 0.2) is 191 Å². The van der Waals surface area contributed by atoms with Gasteiger partial charge in [0.2, 0.25) is 0 Å². The van der Waals surface area contributed by atoms with Crippen molar-refractivity contribution in [3.63, 3.8) is 0 Å². The van der Waals surface area contributed by atoms with Crippen molar-refractivity contribution >= 4 is 87.2 Å². The lowest BCUT2D eigenvalue weighted by molar-refractivity contribution is 0.668. The highest BCUT2D eigenvalue weighted by molar-refractivity contribution is 6.20. The summed E-state index contributed by atoms with van der Waals surface area (Å²) in [6.45, 7) is 0. The van der Waals surface area contributed by atoms with Gasteiger partial charge >= 0.3 is 0 Å². The van der Waals surface area contributed by atoms with Gasteiger partial charge in [0.05, 0.1) is 11.0 Å². The van der Waals surface area contributed by atoms with Crippen molar-refractivity contribution in [2.45, 2.75) is 0 Å². The van der Waals surface area contributed by atoms with Gasteiger partial charge in [-0.15, -0.1) is 0 Å². The molecule has 6 nitrogen and oxygen atoms in total. The van der Waals surface area contributed by atoms with E-state index in [1.54, 1.807) is 0 Å². The van der Waals surface area contributed by atoms with Gasteiger partial charge < -0.3 is 13.4 Å². The van der Waals surface area contributed by atoms with E-state index in [-0.39, 0.29) is 0 Å². The first-order valence-electron chi connectivity index (χ1n) is 19.8. The lowest BCUT2D eigenvalue weighted by atomic mass is 10.0. The monoisotopic (exact) mass is 754 g/mol. The molecule has 0 amide bonds. The normalized spacial score (nSPS) is 12.1. The number of nitrogens with zero attached hydrogens (tertiary/aromatic N) is 4. The summed E-state index contributed by atoms with van der Waals surface area (Å²) in [4.78, 5) is 15.2. The number of furan rings is 2. The molecule has 13 aromatic rings. The van der Waals surface area contributed by atoms with Gasteiger partial charge in [0.25, 0.3) is 0 Å². The summed E-state index contributed by atoms with van der Waals surface area (Å²) in [6, 6.07) is 63.5. The van der Waals surface area contributed by atoms with E-state index in [4.69, 9.17) is 23.8 Å². The summed E-state index contributed by atoms with van der Waals surface area (Å²) >= 11 is 0. The molecule has 274 valence electrons. The lowest BCUT2D eigenvalue weighted by Crippen LogP contribution is -2.00. The molecule has 4 aromatic heterocycles. The fourth-order valence-electron chi connectivity index (χ4n) is 9.02. The van der Waals surface area contributed by atoms with Crippen molar-refractivity contribution in [3.8, 4) is 39.9 Å². The van der Waals surface area contributed by atoms with Crippen molar-refractivity contribution in [1.82, 2.24) is 19.5 Å². The van der Waals surface area contributed by atoms with Crippen LogP contribution in [0.4, 0.5) is 0 Å². The second-order valence-corrected chi connectivity index (χ2v) is 15.2. The molecule has 0 saturated carbocycles. The molecular formula is C53H30N4O2. The zero-order valence-electron chi connectivity index (χ0n) is 31.4. The van der Waals surface area contributed by atoms with Crippen molar-refractivity contribution in [1.29, 1.82) is 0 Å². The largest absolute Gasteiger partial charge is 0.456 e. The van der Waals surface area contributed by atoms with Gasteiger partial charge in [-0.3, -0.25) is 0 Å². The first kappa shape index (κ1) is 32.0. The molecule has 0 aliphatic rings. The fourth-order valence-corrected chi connectivity index (χ4v) is 9.02. The predicted molar refractivity (Wildman–Crippen MR) is 240 cm³/mol. The Morgan fingerprint density at radius 1 is 0.322 bits per heavy atom. The Hall–Kier alpha value is -8.09. The topological polar surface area (TPSA) is 69.9 Å². The maximum atomic E-state index is 6.49. The maximum Gasteiger partial charge on any atom is 0.164 e.